The molecule has 154 valence electrons. The fourth-order valence-electron chi connectivity index (χ4n) is 3.32. The lowest BCUT2D eigenvalue weighted by Gasteiger charge is -2.10. The van der Waals surface area contributed by atoms with Crippen LogP contribution in [0.4, 0.5) is 17.1 Å². The van der Waals surface area contributed by atoms with Crippen LogP contribution in [0.5, 0.6) is 0 Å². The maximum Gasteiger partial charge on any atom is 0.293 e. The van der Waals surface area contributed by atoms with Crippen molar-refractivity contribution in [2.75, 3.05) is 17.2 Å². The molecule has 0 saturated heterocycles. The van der Waals surface area contributed by atoms with Crippen LogP contribution >= 0.6 is 0 Å². The Labute approximate surface area is 178 Å². The number of rotatable bonds is 7. The summed E-state index contributed by atoms with van der Waals surface area (Å²) in [7, 11) is 0. The number of carbonyl (C=O) groups is 1. The minimum atomic E-state index is -0.490. The second kappa shape index (κ2) is 9.04. The summed E-state index contributed by atoms with van der Waals surface area (Å²) in [6.45, 7) is 0.487. The summed E-state index contributed by atoms with van der Waals surface area (Å²) < 4.78 is 0. The number of hydrogen-bond donors (Lipinski definition) is 2. The lowest BCUT2D eigenvalue weighted by Crippen LogP contribution is -2.13. The number of benzene rings is 3. The van der Waals surface area contributed by atoms with Crippen molar-refractivity contribution in [2.24, 2.45) is 0 Å². The molecule has 0 aliphatic rings. The average molecular weight is 412 g/mol. The molecule has 1 heterocycles. The molecule has 1 aromatic heterocycles. The number of nitrogens with one attached hydrogen (secondary N) is 2. The highest BCUT2D eigenvalue weighted by Gasteiger charge is 2.17. The van der Waals surface area contributed by atoms with E-state index in [4.69, 9.17) is 0 Å². The zero-order valence-corrected chi connectivity index (χ0v) is 16.6. The van der Waals surface area contributed by atoms with E-state index < -0.39 is 10.8 Å². The third-order valence-corrected chi connectivity index (χ3v) is 4.89. The minimum absolute atomic E-state index is 0.146. The molecule has 0 aliphatic heterocycles. The molecule has 4 aromatic rings. The second-order valence-electron chi connectivity index (χ2n) is 7.00. The lowest BCUT2D eigenvalue weighted by molar-refractivity contribution is -0.384. The molecule has 0 atom stereocenters. The van der Waals surface area contributed by atoms with Gasteiger partial charge in [-0.05, 0) is 47.2 Å². The molecule has 7 heteroatoms. The summed E-state index contributed by atoms with van der Waals surface area (Å²) in [6.07, 6.45) is 2.34. The highest BCUT2D eigenvalue weighted by Crippen LogP contribution is 2.26. The number of nitro benzene ring substituents is 1. The van der Waals surface area contributed by atoms with Crippen LogP contribution in [0.3, 0.4) is 0 Å². The van der Waals surface area contributed by atoms with Gasteiger partial charge in [0.05, 0.1) is 4.92 Å². The Bertz CT molecular complexity index is 1240. The quantitative estimate of drug-likeness (QED) is 0.327. The lowest BCUT2D eigenvalue weighted by atomic mass is 10.1. The van der Waals surface area contributed by atoms with Gasteiger partial charge in [-0.1, -0.05) is 36.4 Å². The SMILES string of the molecule is O=C(Nc1ccc2ccccc2c1)c1ccc(NCCc2ccccn2)c([N+](=O)[O-])c1. The van der Waals surface area contributed by atoms with Gasteiger partial charge in [-0.25, -0.2) is 0 Å². The van der Waals surface area contributed by atoms with Crippen LogP contribution in [0.1, 0.15) is 16.1 Å². The Balaban J connectivity index is 1.48. The van der Waals surface area contributed by atoms with Crippen molar-refractivity contribution in [3.05, 3.63) is 106 Å². The minimum Gasteiger partial charge on any atom is -0.379 e. The molecule has 0 unspecified atom stereocenters. The number of carbonyl (C=O) groups excluding carboxylic acids is 1. The first-order valence-electron chi connectivity index (χ1n) is 9.82. The molecule has 0 bridgehead atoms. The zero-order valence-electron chi connectivity index (χ0n) is 16.6. The third-order valence-electron chi connectivity index (χ3n) is 4.89. The Morgan fingerprint density at radius 2 is 1.74 bits per heavy atom. The largest absolute Gasteiger partial charge is 0.379 e. The van der Waals surface area contributed by atoms with Crippen molar-refractivity contribution in [3.8, 4) is 0 Å². The molecule has 31 heavy (non-hydrogen) atoms. The Morgan fingerprint density at radius 3 is 2.52 bits per heavy atom. The second-order valence-corrected chi connectivity index (χ2v) is 7.00. The number of fused-ring (bicyclic) bond motifs is 1. The molecule has 0 radical (unpaired) electrons. The molecular formula is C24H20N4O3. The molecular weight excluding hydrogens is 392 g/mol. The summed E-state index contributed by atoms with van der Waals surface area (Å²) in [5.41, 5.74) is 1.96. The van der Waals surface area contributed by atoms with Crippen molar-refractivity contribution in [2.45, 2.75) is 6.42 Å². The summed E-state index contributed by atoms with van der Waals surface area (Å²) >= 11 is 0. The summed E-state index contributed by atoms with van der Waals surface area (Å²) in [4.78, 5) is 28.0. The number of anilines is 2. The van der Waals surface area contributed by atoms with Crippen molar-refractivity contribution in [1.82, 2.24) is 4.98 Å². The maximum absolute atomic E-state index is 12.7. The Kier molecular flexibility index (Phi) is 5.84. The van der Waals surface area contributed by atoms with Gasteiger partial charge >= 0.3 is 0 Å². The van der Waals surface area contributed by atoms with Gasteiger partial charge in [0.25, 0.3) is 11.6 Å². The van der Waals surface area contributed by atoms with Crippen LogP contribution in [0.2, 0.25) is 0 Å². The van der Waals surface area contributed by atoms with Gasteiger partial charge in [-0.15, -0.1) is 0 Å². The van der Waals surface area contributed by atoms with E-state index in [2.05, 4.69) is 15.6 Å². The van der Waals surface area contributed by atoms with Crippen molar-refractivity contribution in [1.29, 1.82) is 0 Å². The Hall–Kier alpha value is -4.26. The molecule has 3 aromatic carbocycles. The topological polar surface area (TPSA) is 97.2 Å². The van der Waals surface area contributed by atoms with Gasteiger partial charge in [-0.2, -0.15) is 0 Å². The maximum atomic E-state index is 12.7. The van der Waals surface area contributed by atoms with Gasteiger partial charge in [0, 0.05) is 42.2 Å². The van der Waals surface area contributed by atoms with Gasteiger partial charge in [0.1, 0.15) is 5.69 Å². The van der Waals surface area contributed by atoms with Crippen LogP contribution in [0.15, 0.2) is 85.1 Å². The van der Waals surface area contributed by atoms with Crippen LogP contribution in [0.25, 0.3) is 10.8 Å². The Morgan fingerprint density at radius 1 is 0.935 bits per heavy atom. The number of nitro groups is 1. The van der Waals surface area contributed by atoms with E-state index in [1.165, 1.54) is 6.07 Å². The number of pyridine rings is 1. The van der Waals surface area contributed by atoms with Crippen molar-refractivity contribution < 1.29 is 9.72 Å². The smallest absolute Gasteiger partial charge is 0.293 e. The first-order chi connectivity index (χ1) is 15.1. The van der Waals surface area contributed by atoms with E-state index in [-0.39, 0.29) is 11.3 Å². The summed E-state index contributed by atoms with van der Waals surface area (Å²) in [5, 5.41) is 19.5. The predicted molar refractivity (Wildman–Crippen MR) is 121 cm³/mol. The number of aromatic nitrogens is 1. The number of nitrogens with zero attached hydrogens (tertiary/aromatic N) is 2. The predicted octanol–water partition coefficient (Wildman–Crippen LogP) is 5.05. The molecule has 0 spiro atoms. The van der Waals surface area contributed by atoms with E-state index >= 15 is 0 Å². The normalized spacial score (nSPS) is 10.6. The fraction of sp³-hybridized carbons (Fsp3) is 0.0833. The average Bonchev–Trinajstić information content (AvgIpc) is 2.79. The van der Waals surface area contributed by atoms with Gasteiger partial charge in [0.2, 0.25) is 0 Å². The fourth-order valence-corrected chi connectivity index (χ4v) is 3.32. The van der Waals surface area contributed by atoms with Gasteiger partial charge < -0.3 is 10.6 Å². The molecule has 0 fully saturated rings. The molecule has 4 rings (SSSR count). The van der Waals surface area contributed by atoms with Crippen LogP contribution < -0.4 is 10.6 Å². The third kappa shape index (κ3) is 4.84. The van der Waals surface area contributed by atoms with E-state index in [9.17, 15) is 14.9 Å². The monoisotopic (exact) mass is 412 g/mol. The summed E-state index contributed by atoms with van der Waals surface area (Å²) in [6, 6.07) is 23.5. The standard InChI is InChI=1S/C24H20N4O3/c29-24(27-21-10-8-17-5-1-2-6-18(17)15-21)19-9-11-22(23(16-19)28(30)31)26-14-12-20-7-3-4-13-25-20/h1-11,13,15-16,26H,12,14H2,(H,27,29). The molecule has 0 saturated carbocycles. The van der Waals surface area contributed by atoms with E-state index in [1.807, 2.05) is 60.7 Å². The van der Waals surface area contributed by atoms with Gasteiger partial charge in [0.15, 0.2) is 0 Å². The first-order valence-corrected chi connectivity index (χ1v) is 9.82. The van der Waals surface area contributed by atoms with E-state index in [0.717, 1.165) is 16.5 Å². The molecule has 2 N–H and O–H groups in total. The van der Waals surface area contributed by atoms with E-state index in [1.54, 1.807) is 18.3 Å². The van der Waals surface area contributed by atoms with Gasteiger partial charge in [-0.3, -0.25) is 19.9 Å². The van der Waals surface area contributed by atoms with Crippen LogP contribution in [-0.2, 0) is 6.42 Å². The zero-order chi connectivity index (χ0) is 21.6. The van der Waals surface area contributed by atoms with E-state index in [0.29, 0.717) is 24.3 Å². The van der Waals surface area contributed by atoms with Crippen molar-refractivity contribution in [3.63, 3.8) is 0 Å². The number of hydrogen-bond acceptors (Lipinski definition) is 5. The van der Waals surface area contributed by atoms with Crippen LogP contribution in [0, 0.1) is 10.1 Å². The van der Waals surface area contributed by atoms with Crippen LogP contribution in [-0.4, -0.2) is 22.4 Å². The highest BCUT2D eigenvalue weighted by atomic mass is 16.6. The first kappa shape index (κ1) is 20.0. The molecule has 7 nitrogen and oxygen atoms in total. The van der Waals surface area contributed by atoms with Crippen molar-refractivity contribution >= 4 is 33.7 Å². The summed E-state index contributed by atoms with van der Waals surface area (Å²) in [5.74, 6) is -0.404. The molecule has 0 aliphatic carbocycles. The number of amides is 1. The highest BCUT2D eigenvalue weighted by molar-refractivity contribution is 6.06. The molecule has 1 amide bonds.